The molecule has 0 saturated carbocycles. The summed E-state index contributed by atoms with van der Waals surface area (Å²) in [6.45, 7) is 5.34. The predicted octanol–water partition coefficient (Wildman–Crippen LogP) is 1.48. The second-order valence-electron chi connectivity index (χ2n) is 1.07. The number of nitriles is 1. The molecule has 0 bridgehead atoms. The molecule has 0 atom stereocenters. The highest BCUT2D eigenvalue weighted by molar-refractivity contribution is 5.14. The lowest BCUT2D eigenvalue weighted by atomic mass is 10.3. The Morgan fingerprint density at radius 3 is 2.50 bits per heavy atom. The summed E-state index contributed by atoms with van der Waals surface area (Å²) in [6.07, 6.45) is 0.774. The minimum absolute atomic E-state index is 0.648. The molecule has 0 saturated heterocycles. The summed E-state index contributed by atoms with van der Waals surface area (Å²) in [5, 5.41) is 7.99. The molecule has 0 radical (unpaired) electrons. The molecule has 0 aliphatic carbocycles. The molecular weight excluding hydrogens is 74.1 g/mol. The van der Waals surface area contributed by atoms with Gasteiger partial charge >= 0.3 is 0 Å². The van der Waals surface area contributed by atoms with Crippen LogP contribution in [0.15, 0.2) is 12.2 Å². The molecule has 1 heteroatoms. The molecule has 6 heavy (non-hydrogen) atoms. The maximum Gasteiger partial charge on any atom is 0.0940 e. The van der Waals surface area contributed by atoms with E-state index in [0.717, 1.165) is 6.42 Å². The van der Waals surface area contributed by atoms with Gasteiger partial charge in [0.2, 0.25) is 0 Å². The van der Waals surface area contributed by atoms with Gasteiger partial charge in [0, 0.05) is 5.57 Å². The summed E-state index contributed by atoms with van der Waals surface area (Å²) in [4.78, 5) is 0. The highest BCUT2D eigenvalue weighted by atomic mass is 14.2. The fourth-order valence-electron chi connectivity index (χ4n) is 0.0791. The topological polar surface area (TPSA) is 23.8 Å². The second-order valence-corrected chi connectivity index (χ2v) is 1.07. The van der Waals surface area contributed by atoms with Crippen LogP contribution in [0.2, 0.25) is 0 Å². The van der Waals surface area contributed by atoms with Gasteiger partial charge in [-0.05, 0) is 6.42 Å². The Labute approximate surface area is 37.9 Å². The van der Waals surface area contributed by atoms with Crippen LogP contribution in [-0.2, 0) is 0 Å². The molecule has 0 heterocycles. The number of rotatable bonds is 1. The van der Waals surface area contributed by atoms with Crippen LogP contribution in [0.3, 0.4) is 0 Å². The summed E-state index contributed by atoms with van der Waals surface area (Å²) >= 11 is 0. The molecule has 0 unspecified atom stereocenters. The van der Waals surface area contributed by atoms with Gasteiger partial charge < -0.3 is 0 Å². The quantitative estimate of drug-likeness (QED) is 0.438. The molecule has 0 aliphatic heterocycles. The average Bonchev–Trinajstić information content (AvgIpc) is 1.65. The first-order valence-electron chi connectivity index (χ1n) is 1.89. The van der Waals surface area contributed by atoms with Gasteiger partial charge in [-0.1, -0.05) is 13.5 Å². The Balaban J connectivity index is 3.33. The standard InChI is InChI=1S/C5H7N/c1-3-5(2)4-6/h2-3H2,1H3. The van der Waals surface area contributed by atoms with Crippen LogP contribution in [0, 0.1) is 11.3 Å². The van der Waals surface area contributed by atoms with E-state index < -0.39 is 0 Å². The van der Waals surface area contributed by atoms with Gasteiger partial charge in [0.15, 0.2) is 0 Å². The summed E-state index contributed by atoms with van der Waals surface area (Å²) < 4.78 is 0. The smallest absolute Gasteiger partial charge is 0.0940 e. The maximum atomic E-state index is 7.99. The van der Waals surface area contributed by atoms with E-state index in [-0.39, 0.29) is 0 Å². The zero-order valence-corrected chi connectivity index (χ0v) is 3.86. The van der Waals surface area contributed by atoms with Crippen molar-refractivity contribution >= 4 is 0 Å². The van der Waals surface area contributed by atoms with E-state index in [0.29, 0.717) is 5.57 Å². The van der Waals surface area contributed by atoms with Gasteiger partial charge in [0.05, 0.1) is 6.07 Å². The van der Waals surface area contributed by atoms with Gasteiger partial charge in [-0.15, -0.1) is 0 Å². The van der Waals surface area contributed by atoms with Crippen LogP contribution in [0.5, 0.6) is 0 Å². The van der Waals surface area contributed by atoms with Crippen LogP contribution < -0.4 is 0 Å². The number of nitrogens with zero attached hydrogens (tertiary/aromatic N) is 1. The zero-order chi connectivity index (χ0) is 4.99. The Bertz CT molecular complexity index is 86.6. The molecule has 0 aliphatic rings. The van der Waals surface area contributed by atoms with Crippen molar-refractivity contribution in [1.29, 1.82) is 5.26 Å². The first-order valence-corrected chi connectivity index (χ1v) is 1.89. The van der Waals surface area contributed by atoms with Crippen molar-refractivity contribution in [2.75, 3.05) is 0 Å². The van der Waals surface area contributed by atoms with Crippen LogP contribution in [0.1, 0.15) is 13.3 Å². The first-order chi connectivity index (χ1) is 2.81. The van der Waals surface area contributed by atoms with E-state index in [2.05, 4.69) is 6.58 Å². The molecule has 0 amide bonds. The maximum absolute atomic E-state index is 7.99. The lowest BCUT2D eigenvalue weighted by Gasteiger charge is -1.76. The molecule has 0 aromatic heterocycles. The molecule has 0 N–H and O–H groups in total. The molecule has 0 fully saturated rings. The van der Waals surface area contributed by atoms with E-state index in [1.807, 2.05) is 13.0 Å². The van der Waals surface area contributed by atoms with E-state index in [4.69, 9.17) is 5.26 Å². The number of hydrogen-bond acceptors (Lipinski definition) is 1. The summed E-state index contributed by atoms with van der Waals surface area (Å²) in [5.41, 5.74) is 0.648. The Morgan fingerprint density at radius 2 is 2.50 bits per heavy atom. The fraction of sp³-hybridized carbons (Fsp3) is 0.400. The van der Waals surface area contributed by atoms with Crippen molar-refractivity contribution in [1.82, 2.24) is 0 Å². The van der Waals surface area contributed by atoms with Gasteiger partial charge in [-0.2, -0.15) is 5.26 Å². The van der Waals surface area contributed by atoms with Crippen molar-refractivity contribution in [2.45, 2.75) is 13.3 Å². The first kappa shape index (κ1) is 5.23. The molecule has 0 rings (SSSR count). The van der Waals surface area contributed by atoms with Gasteiger partial charge in [-0.3, -0.25) is 0 Å². The monoisotopic (exact) mass is 81.1 g/mol. The molecular formula is C5H7N. The van der Waals surface area contributed by atoms with Crippen molar-refractivity contribution < 1.29 is 0 Å². The minimum Gasteiger partial charge on any atom is -0.193 e. The van der Waals surface area contributed by atoms with Crippen molar-refractivity contribution in [3.8, 4) is 6.07 Å². The van der Waals surface area contributed by atoms with E-state index in [1.165, 1.54) is 0 Å². The van der Waals surface area contributed by atoms with Crippen molar-refractivity contribution in [2.24, 2.45) is 0 Å². The lowest BCUT2D eigenvalue weighted by molar-refractivity contribution is 1.16. The SMILES string of the molecule is C=C(C#N)CC. The van der Waals surface area contributed by atoms with Crippen molar-refractivity contribution in [3.63, 3.8) is 0 Å². The highest BCUT2D eigenvalue weighted by Gasteiger charge is 1.77. The van der Waals surface area contributed by atoms with Crippen LogP contribution >= 0.6 is 0 Å². The van der Waals surface area contributed by atoms with Gasteiger partial charge in [0.25, 0.3) is 0 Å². The highest BCUT2D eigenvalue weighted by Crippen LogP contribution is 1.89. The zero-order valence-electron chi connectivity index (χ0n) is 3.86. The van der Waals surface area contributed by atoms with E-state index >= 15 is 0 Å². The minimum atomic E-state index is 0.648. The third kappa shape index (κ3) is 1.54. The average molecular weight is 81.1 g/mol. The van der Waals surface area contributed by atoms with Crippen molar-refractivity contribution in [3.05, 3.63) is 12.2 Å². The molecule has 32 valence electrons. The Morgan fingerprint density at radius 1 is 2.00 bits per heavy atom. The third-order valence-electron chi connectivity index (χ3n) is 0.585. The largest absolute Gasteiger partial charge is 0.193 e. The van der Waals surface area contributed by atoms with E-state index in [9.17, 15) is 0 Å². The van der Waals surface area contributed by atoms with Gasteiger partial charge in [0.1, 0.15) is 0 Å². The molecule has 0 spiro atoms. The molecule has 0 aromatic rings. The molecule has 1 nitrogen and oxygen atoms in total. The second kappa shape index (κ2) is 2.47. The summed E-state index contributed by atoms with van der Waals surface area (Å²) in [6, 6.07) is 1.92. The van der Waals surface area contributed by atoms with Gasteiger partial charge in [-0.25, -0.2) is 0 Å². The lowest BCUT2D eigenvalue weighted by Crippen LogP contribution is -1.64. The van der Waals surface area contributed by atoms with Crippen LogP contribution in [-0.4, -0.2) is 0 Å². The molecule has 0 aromatic carbocycles. The summed E-state index contributed by atoms with van der Waals surface area (Å²) in [5.74, 6) is 0. The van der Waals surface area contributed by atoms with Crippen LogP contribution in [0.4, 0.5) is 0 Å². The number of allylic oxidation sites excluding steroid dienone is 1. The number of hydrogen-bond donors (Lipinski definition) is 0. The Hall–Kier alpha value is -0.770. The Kier molecular flexibility index (Phi) is 2.15. The van der Waals surface area contributed by atoms with E-state index in [1.54, 1.807) is 0 Å². The van der Waals surface area contributed by atoms with Crippen LogP contribution in [0.25, 0.3) is 0 Å². The third-order valence-corrected chi connectivity index (χ3v) is 0.585. The fourth-order valence-corrected chi connectivity index (χ4v) is 0.0791. The predicted molar refractivity (Wildman–Crippen MR) is 25.0 cm³/mol. The summed E-state index contributed by atoms with van der Waals surface area (Å²) in [7, 11) is 0. The normalized spacial score (nSPS) is 6.67.